The highest BCUT2D eigenvalue weighted by atomic mass is 35.5. The summed E-state index contributed by atoms with van der Waals surface area (Å²) in [5, 5.41) is 5.15. The predicted octanol–water partition coefficient (Wildman–Crippen LogP) is 2.24. The van der Waals surface area contributed by atoms with Gasteiger partial charge in [-0.05, 0) is 17.7 Å². The molecule has 0 bridgehead atoms. The normalized spacial score (nSPS) is 11.4. The molecule has 0 aliphatic rings. The lowest BCUT2D eigenvalue weighted by Gasteiger charge is -2.11. The minimum absolute atomic E-state index is 0.0451. The van der Waals surface area contributed by atoms with E-state index in [4.69, 9.17) is 22.5 Å². The fourth-order valence-corrected chi connectivity index (χ4v) is 2.90. The molecule has 0 heterocycles. The maximum atomic E-state index is 11.4. The van der Waals surface area contributed by atoms with Gasteiger partial charge in [-0.1, -0.05) is 41.9 Å². The molecular weight excluding hydrogens is 272 g/mol. The van der Waals surface area contributed by atoms with E-state index in [-0.39, 0.29) is 9.92 Å². The average molecular weight is 283 g/mol. The maximum Gasteiger partial charge on any atom is 0.239 e. The summed E-state index contributed by atoms with van der Waals surface area (Å²) >= 11 is 6.09. The van der Waals surface area contributed by atoms with Crippen LogP contribution in [-0.4, -0.2) is 8.42 Å². The van der Waals surface area contributed by atoms with Gasteiger partial charge in [0.25, 0.3) is 0 Å². The van der Waals surface area contributed by atoms with Gasteiger partial charge in [0.2, 0.25) is 10.0 Å². The third-order valence-electron chi connectivity index (χ3n) is 2.51. The van der Waals surface area contributed by atoms with Crippen molar-refractivity contribution in [1.82, 2.24) is 0 Å². The van der Waals surface area contributed by atoms with Crippen LogP contribution in [0.5, 0.6) is 0 Å². The lowest BCUT2D eigenvalue weighted by Crippen LogP contribution is -2.13. The van der Waals surface area contributed by atoms with E-state index < -0.39 is 10.0 Å². The third kappa shape index (κ3) is 2.33. The van der Waals surface area contributed by atoms with Gasteiger partial charge in [-0.25, -0.2) is 13.6 Å². The number of hydrogen-bond acceptors (Lipinski definition) is 3. The van der Waals surface area contributed by atoms with Crippen LogP contribution in [0.25, 0.3) is 11.1 Å². The van der Waals surface area contributed by atoms with E-state index in [0.29, 0.717) is 11.3 Å². The molecule has 0 atom stereocenters. The largest absolute Gasteiger partial charge is 0.398 e. The van der Waals surface area contributed by atoms with Crippen LogP contribution in [0.3, 0.4) is 0 Å². The fraction of sp³-hybridized carbons (Fsp3) is 0. The van der Waals surface area contributed by atoms with Crippen molar-refractivity contribution < 1.29 is 8.42 Å². The highest BCUT2D eigenvalue weighted by Gasteiger charge is 2.18. The number of nitrogens with two attached hydrogens (primary N) is 2. The van der Waals surface area contributed by atoms with E-state index in [0.717, 1.165) is 5.56 Å². The summed E-state index contributed by atoms with van der Waals surface area (Å²) in [4.78, 5) is -0.128. The predicted molar refractivity (Wildman–Crippen MR) is 72.7 cm³/mol. The van der Waals surface area contributed by atoms with Crippen LogP contribution in [0, 0.1) is 0 Å². The number of benzene rings is 2. The van der Waals surface area contributed by atoms with Gasteiger partial charge in [0, 0.05) is 11.3 Å². The van der Waals surface area contributed by atoms with E-state index in [1.165, 1.54) is 12.1 Å². The fourth-order valence-electron chi connectivity index (χ4n) is 1.69. The molecule has 2 rings (SSSR count). The lowest BCUT2D eigenvalue weighted by atomic mass is 10.0. The van der Waals surface area contributed by atoms with Gasteiger partial charge in [0.05, 0.1) is 5.02 Å². The first-order valence-corrected chi connectivity index (χ1v) is 7.00. The van der Waals surface area contributed by atoms with Crippen molar-refractivity contribution >= 4 is 27.3 Å². The zero-order chi connectivity index (χ0) is 13.3. The van der Waals surface area contributed by atoms with Crippen LogP contribution in [-0.2, 0) is 10.0 Å². The molecule has 0 amide bonds. The Kier molecular flexibility index (Phi) is 3.30. The third-order valence-corrected chi connectivity index (χ3v) is 3.97. The first-order valence-electron chi connectivity index (χ1n) is 5.07. The van der Waals surface area contributed by atoms with Crippen LogP contribution < -0.4 is 10.9 Å². The van der Waals surface area contributed by atoms with E-state index >= 15 is 0 Å². The smallest absolute Gasteiger partial charge is 0.239 e. The van der Waals surface area contributed by atoms with Crippen molar-refractivity contribution in [3.8, 4) is 11.1 Å². The summed E-state index contributed by atoms with van der Waals surface area (Å²) in [6.45, 7) is 0. The summed E-state index contributed by atoms with van der Waals surface area (Å²) in [6, 6.07) is 11.9. The van der Waals surface area contributed by atoms with Gasteiger partial charge < -0.3 is 5.73 Å². The Morgan fingerprint density at radius 3 is 2.17 bits per heavy atom. The van der Waals surface area contributed by atoms with Gasteiger partial charge in [0.1, 0.15) is 4.90 Å². The second-order valence-corrected chi connectivity index (χ2v) is 5.66. The molecule has 6 heteroatoms. The van der Waals surface area contributed by atoms with Gasteiger partial charge >= 0.3 is 0 Å². The maximum absolute atomic E-state index is 11.4. The molecule has 0 aromatic heterocycles. The van der Waals surface area contributed by atoms with Gasteiger partial charge in [-0.15, -0.1) is 0 Å². The number of nitrogen functional groups attached to an aromatic ring is 1. The molecule has 0 spiro atoms. The number of anilines is 1. The molecule has 0 aliphatic heterocycles. The Hall–Kier alpha value is -1.56. The monoisotopic (exact) mass is 282 g/mol. The highest BCUT2D eigenvalue weighted by Crippen LogP contribution is 2.37. The molecular formula is C12H11ClN2O2S. The van der Waals surface area contributed by atoms with Crippen LogP contribution in [0.2, 0.25) is 5.02 Å². The molecule has 0 radical (unpaired) electrons. The Bertz CT molecular complexity index is 685. The summed E-state index contributed by atoms with van der Waals surface area (Å²) in [6.07, 6.45) is 0. The Balaban J connectivity index is 2.76. The molecule has 0 fully saturated rings. The lowest BCUT2D eigenvalue weighted by molar-refractivity contribution is 0.598. The van der Waals surface area contributed by atoms with E-state index in [1.54, 1.807) is 12.1 Å². The molecule has 4 nitrogen and oxygen atoms in total. The van der Waals surface area contributed by atoms with Crippen molar-refractivity contribution in [3.63, 3.8) is 0 Å². The number of hydrogen-bond donors (Lipinski definition) is 2. The molecule has 0 saturated heterocycles. The second-order valence-electron chi connectivity index (χ2n) is 3.75. The van der Waals surface area contributed by atoms with Crippen molar-refractivity contribution in [2.75, 3.05) is 5.73 Å². The molecule has 94 valence electrons. The van der Waals surface area contributed by atoms with Crippen molar-refractivity contribution in [3.05, 3.63) is 47.5 Å². The summed E-state index contributed by atoms with van der Waals surface area (Å²) < 4.78 is 22.8. The first kappa shape index (κ1) is 12.9. The number of sulfonamides is 1. The van der Waals surface area contributed by atoms with Crippen LogP contribution >= 0.6 is 11.6 Å². The summed E-state index contributed by atoms with van der Waals surface area (Å²) in [5.74, 6) is 0. The highest BCUT2D eigenvalue weighted by molar-refractivity contribution is 7.89. The molecule has 2 aromatic rings. The van der Waals surface area contributed by atoms with Crippen molar-refractivity contribution in [2.24, 2.45) is 5.14 Å². The van der Waals surface area contributed by atoms with E-state index in [2.05, 4.69) is 0 Å². The van der Waals surface area contributed by atoms with Crippen molar-refractivity contribution in [2.45, 2.75) is 4.90 Å². The topological polar surface area (TPSA) is 86.2 Å². The van der Waals surface area contributed by atoms with Gasteiger partial charge in [-0.3, -0.25) is 0 Å². The molecule has 0 saturated carbocycles. The molecule has 4 N–H and O–H groups in total. The summed E-state index contributed by atoms with van der Waals surface area (Å²) in [7, 11) is -3.87. The Morgan fingerprint density at radius 2 is 1.61 bits per heavy atom. The molecule has 18 heavy (non-hydrogen) atoms. The van der Waals surface area contributed by atoms with Crippen LogP contribution in [0.4, 0.5) is 5.69 Å². The quantitative estimate of drug-likeness (QED) is 0.828. The first-order chi connectivity index (χ1) is 8.41. The van der Waals surface area contributed by atoms with E-state index in [9.17, 15) is 8.42 Å². The Labute approximate surface area is 110 Å². The number of halogens is 1. The minimum Gasteiger partial charge on any atom is -0.398 e. The van der Waals surface area contributed by atoms with Gasteiger partial charge in [0.15, 0.2) is 0 Å². The number of primary sulfonamides is 1. The zero-order valence-corrected chi connectivity index (χ0v) is 10.9. The van der Waals surface area contributed by atoms with Crippen LogP contribution in [0.15, 0.2) is 47.4 Å². The van der Waals surface area contributed by atoms with E-state index in [1.807, 2.05) is 18.2 Å². The SMILES string of the molecule is Nc1ccc(S(N)(=O)=O)c(Cl)c1-c1ccccc1. The number of rotatable bonds is 2. The average Bonchev–Trinajstić information content (AvgIpc) is 2.28. The zero-order valence-electron chi connectivity index (χ0n) is 9.30. The molecule has 0 aliphatic carbocycles. The Morgan fingerprint density at radius 1 is 1.00 bits per heavy atom. The molecule has 0 unspecified atom stereocenters. The minimum atomic E-state index is -3.87. The van der Waals surface area contributed by atoms with Gasteiger partial charge in [-0.2, -0.15) is 0 Å². The molecule has 2 aromatic carbocycles. The standard InChI is InChI=1S/C12H11ClN2O2S/c13-12-10(18(15,16)17)7-6-9(14)11(12)8-4-2-1-3-5-8/h1-7H,14H2,(H2,15,16,17). The second kappa shape index (κ2) is 4.61. The summed E-state index contributed by atoms with van der Waals surface area (Å²) in [5.41, 5.74) is 7.46. The van der Waals surface area contributed by atoms with Crippen molar-refractivity contribution in [1.29, 1.82) is 0 Å². The van der Waals surface area contributed by atoms with Crippen LogP contribution in [0.1, 0.15) is 0 Å².